The third-order valence-electron chi connectivity index (χ3n) is 6.81. The predicted molar refractivity (Wildman–Crippen MR) is 155 cm³/mol. The molecular weight excluding hydrogens is 522 g/mol. The third kappa shape index (κ3) is 5.58. The summed E-state index contributed by atoms with van der Waals surface area (Å²) in [6.07, 6.45) is 3.48. The van der Waals surface area contributed by atoms with Crippen LogP contribution < -0.4 is 20.3 Å². The van der Waals surface area contributed by atoms with Crippen LogP contribution >= 0.6 is 0 Å². The van der Waals surface area contributed by atoms with Crippen LogP contribution in [0.5, 0.6) is 5.75 Å². The van der Waals surface area contributed by atoms with Crippen molar-refractivity contribution in [3.05, 3.63) is 90.3 Å². The third-order valence-corrected chi connectivity index (χ3v) is 6.81. The molecule has 12 nitrogen and oxygen atoms in total. The summed E-state index contributed by atoms with van der Waals surface area (Å²) >= 11 is 0. The highest BCUT2D eigenvalue weighted by molar-refractivity contribution is 6.04. The number of aryl methyl sites for hydroxylation is 1. The van der Waals surface area contributed by atoms with Crippen LogP contribution in [0.15, 0.2) is 79.1 Å². The molecule has 1 aliphatic rings. The van der Waals surface area contributed by atoms with E-state index in [1.54, 1.807) is 34.8 Å². The van der Waals surface area contributed by atoms with Crippen LogP contribution in [0.25, 0.3) is 11.4 Å². The number of nitrogens with one attached hydrogen (secondary N) is 2. The van der Waals surface area contributed by atoms with Crippen LogP contribution in [0.2, 0.25) is 0 Å². The smallest absolute Gasteiger partial charge is 0.255 e. The number of aromatic nitrogens is 6. The van der Waals surface area contributed by atoms with Gasteiger partial charge in [-0.3, -0.25) is 4.79 Å². The van der Waals surface area contributed by atoms with Crippen molar-refractivity contribution in [3.63, 3.8) is 0 Å². The van der Waals surface area contributed by atoms with Crippen LogP contribution in [0, 0.1) is 6.92 Å². The normalized spacial score (nSPS) is 13.2. The van der Waals surface area contributed by atoms with Crippen molar-refractivity contribution in [2.45, 2.75) is 6.92 Å². The van der Waals surface area contributed by atoms with Gasteiger partial charge < -0.3 is 25.0 Å². The lowest BCUT2D eigenvalue weighted by Crippen LogP contribution is -2.36. The molecule has 2 aromatic heterocycles. The summed E-state index contributed by atoms with van der Waals surface area (Å²) in [5, 5.41) is 22.7. The van der Waals surface area contributed by atoms with Gasteiger partial charge in [0.1, 0.15) is 5.75 Å². The summed E-state index contributed by atoms with van der Waals surface area (Å²) in [6, 6.07) is 20.8. The molecule has 1 fully saturated rings. The number of anilines is 4. The van der Waals surface area contributed by atoms with Crippen LogP contribution in [0.4, 0.5) is 23.0 Å². The van der Waals surface area contributed by atoms with Crippen LogP contribution in [-0.2, 0) is 4.74 Å². The number of ether oxygens (including phenoxy) is 2. The Kier molecular flexibility index (Phi) is 7.28. The van der Waals surface area contributed by atoms with Gasteiger partial charge in [-0.25, -0.2) is 4.68 Å². The standard InChI is InChI=1S/C29H29N9O3/c1-20-6-3-4-9-25(20)38-29(33-34-35-38)32-23-18-30-37(19-23)24-8-5-7-21(16-24)28(39)31-22-10-11-26(27(17-22)40-2)36-12-14-41-15-13-36/h3-11,16-19H,12-15H2,1-2H3,(H,31,39)(H,32,33,35). The Labute approximate surface area is 236 Å². The van der Waals surface area contributed by atoms with E-state index in [1.807, 2.05) is 67.7 Å². The Balaban J connectivity index is 1.16. The highest BCUT2D eigenvalue weighted by Crippen LogP contribution is 2.32. The van der Waals surface area contributed by atoms with Crippen LogP contribution in [0.3, 0.4) is 0 Å². The molecule has 0 bridgehead atoms. The van der Waals surface area contributed by atoms with E-state index in [2.05, 4.69) is 36.2 Å². The molecule has 1 saturated heterocycles. The number of rotatable bonds is 8. The number of carbonyl (C=O) groups excluding carboxylic acids is 1. The quantitative estimate of drug-likeness (QED) is 0.294. The number of tetrazole rings is 1. The van der Waals surface area contributed by atoms with Gasteiger partial charge in [-0.05, 0) is 59.3 Å². The molecule has 0 aliphatic carbocycles. The summed E-state index contributed by atoms with van der Waals surface area (Å²) in [4.78, 5) is 15.4. The van der Waals surface area contributed by atoms with E-state index in [0.717, 1.165) is 35.7 Å². The van der Waals surface area contributed by atoms with Gasteiger partial charge in [0.15, 0.2) is 0 Å². The molecule has 1 amide bonds. The Morgan fingerprint density at radius 1 is 0.976 bits per heavy atom. The van der Waals surface area contributed by atoms with Crippen molar-refractivity contribution in [2.75, 3.05) is 48.9 Å². The Morgan fingerprint density at radius 2 is 1.83 bits per heavy atom. The zero-order chi connectivity index (χ0) is 28.2. The lowest BCUT2D eigenvalue weighted by molar-refractivity contribution is 0.102. The van der Waals surface area contributed by atoms with E-state index < -0.39 is 0 Å². The van der Waals surface area contributed by atoms with Crippen molar-refractivity contribution in [1.29, 1.82) is 0 Å². The fourth-order valence-electron chi connectivity index (χ4n) is 4.70. The lowest BCUT2D eigenvalue weighted by atomic mass is 10.1. The maximum absolute atomic E-state index is 13.2. The minimum Gasteiger partial charge on any atom is -0.495 e. The molecular formula is C29H29N9O3. The largest absolute Gasteiger partial charge is 0.495 e. The van der Waals surface area contributed by atoms with E-state index >= 15 is 0 Å². The molecule has 5 aromatic rings. The minimum atomic E-state index is -0.240. The second-order valence-electron chi connectivity index (χ2n) is 9.49. The highest BCUT2D eigenvalue weighted by atomic mass is 16.5. The first kappa shape index (κ1) is 26.0. The summed E-state index contributed by atoms with van der Waals surface area (Å²) < 4.78 is 14.4. The lowest BCUT2D eigenvalue weighted by Gasteiger charge is -2.30. The second kappa shape index (κ2) is 11.5. The number of hydrogen-bond acceptors (Lipinski definition) is 9. The van der Waals surface area contributed by atoms with E-state index in [4.69, 9.17) is 9.47 Å². The first-order chi connectivity index (χ1) is 20.1. The minimum absolute atomic E-state index is 0.240. The number of para-hydroxylation sites is 1. The Bertz CT molecular complexity index is 1670. The molecule has 3 heterocycles. The number of amides is 1. The van der Waals surface area contributed by atoms with Crippen molar-refractivity contribution < 1.29 is 14.3 Å². The molecule has 0 saturated carbocycles. The number of morpholine rings is 1. The fourth-order valence-corrected chi connectivity index (χ4v) is 4.70. The van der Waals surface area contributed by atoms with Crippen molar-refractivity contribution in [3.8, 4) is 17.1 Å². The molecule has 208 valence electrons. The first-order valence-corrected chi connectivity index (χ1v) is 13.2. The SMILES string of the molecule is COc1cc(NC(=O)c2cccc(-n3cc(Nc4nnnn4-c4ccccc4C)cn3)c2)ccc1N1CCOCC1. The van der Waals surface area contributed by atoms with Gasteiger partial charge in [-0.2, -0.15) is 9.78 Å². The van der Waals surface area contributed by atoms with E-state index in [-0.39, 0.29) is 5.91 Å². The number of carbonyl (C=O) groups is 1. The van der Waals surface area contributed by atoms with E-state index in [9.17, 15) is 4.79 Å². The average molecular weight is 552 g/mol. The van der Waals surface area contributed by atoms with Crippen molar-refractivity contribution in [2.24, 2.45) is 0 Å². The first-order valence-electron chi connectivity index (χ1n) is 13.2. The summed E-state index contributed by atoms with van der Waals surface area (Å²) in [7, 11) is 1.63. The van der Waals surface area contributed by atoms with Crippen molar-refractivity contribution >= 4 is 28.9 Å². The molecule has 12 heteroatoms. The van der Waals surface area contributed by atoms with Gasteiger partial charge in [0.2, 0.25) is 0 Å². The number of benzene rings is 3. The maximum Gasteiger partial charge on any atom is 0.255 e. The highest BCUT2D eigenvalue weighted by Gasteiger charge is 2.17. The predicted octanol–water partition coefficient (Wildman–Crippen LogP) is 4.00. The number of methoxy groups -OCH3 is 1. The number of nitrogens with zero attached hydrogens (tertiary/aromatic N) is 7. The molecule has 41 heavy (non-hydrogen) atoms. The topological polar surface area (TPSA) is 124 Å². The zero-order valence-electron chi connectivity index (χ0n) is 22.7. The van der Waals surface area contributed by atoms with E-state index in [1.165, 1.54) is 0 Å². The Hall–Kier alpha value is -5.23. The van der Waals surface area contributed by atoms with Gasteiger partial charge in [-0.1, -0.05) is 29.4 Å². The van der Waals surface area contributed by atoms with Gasteiger partial charge >= 0.3 is 0 Å². The second-order valence-corrected chi connectivity index (χ2v) is 9.49. The van der Waals surface area contributed by atoms with Gasteiger partial charge in [-0.15, -0.1) is 0 Å². The summed E-state index contributed by atoms with van der Waals surface area (Å²) in [5.74, 6) is 0.918. The maximum atomic E-state index is 13.2. The van der Waals surface area contributed by atoms with Gasteiger partial charge in [0.25, 0.3) is 11.9 Å². The molecule has 1 aliphatic heterocycles. The summed E-state index contributed by atoms with van der Waals surface area (Å²) in [5.41, 5.74) is 5.45. The molecule has 0 radical (unpaired) electrons. The van der Waals surface area contributed by atoms with Gasteiger partial charge in [0, 0.05) is 30.4 Å². The monoisotopic (exact) mass is 551 g/mol. The molecule has 0 spiro atoms. The summed E-state index contributed by atoms with van der Waals surface area (Å²) in [6.45, 7) is 4.95. The molecule has 3 aromatic carbocycles. The number of hydrogen-bond donors (Lipinski definition) is 2. The molecule has 6 rings (SSSR count). The zero-order valence-corrected chi connectivity index (χ0v) is 22.7. The van der Waals surface area contributed by atoms with Crippen molar-refractivity contribution in [1.82, 2.24) is 30.0 Å². The van der Waals surface area contributed by atoms with Crippen LogP contribution in [0.1, 0.15) is 15.9 Å². The Morgan fingerprint density at radius 3 is 2.66 bits per heavy atom. The molecule has 0 unspecified atom stereocenters. The molecule has 2 N–H and O–H groups in total. The van der Waals surface area contributed by atoms with Gasteiger partial charge in [0.05, 0.1) is 55.5 Å². The van der Waals surface area contributed by atoms with Crippen LogP contribution in [-0.4, -0.2) is 69.3 Å². The fraction of sp³-hybridized carbons (Fsp3) is 0.207. The van der Waals surface area contributed by atoms with E-state index in [0.29, 0.717) is 41.8 Å². The molecule has 0 atom stereocenters. The average Bonchev–Trinajstić information content (AvgIpc) is 3.68.